The number of ether oxygens (including phenoxy) is 1. The molecule has 0 aromatic rings. The molecule has 1 heterocycles. The molecular weight excluding hydrogens is 116 g/mol. The van der Waals surface area contributed by atoms with Crippen molar-refractivity contribution in [3.63, 3.8) is 0 Å². The highest BCUT2D eigenvalue weighted by Gasteiger charge is 2.25. The molecule has 0 aliphatic carbocycles. The topological polar surface area (TPSA) is 61.3 Å². The van der Waals surface area contributed by atoms with E-state index in [0.717, 1.165) is 19.4 Å². The van der Waals surface area contributed by atoms with Crippen LogP contribution in [0.2, 0.25) is 0 Å². The van der Waals surface area contributed by atoms with Crippen LogP contribution in [-0.4, -0.2) is 25.3 Å². The Morgan fingerprint density at radius 2 is 2.33 bits per heavy atom. The lowest BCUT2D eigenvalue weighted by molar-refractivity contribution is 0.0417. The summed E-state index contributed by atoms with van der Waals surface area (Å²) >= 11 is 0. The smallest absolute Gasteiger partial charge is 0.0658 e. The van der Waals surface area contributed by atoms with Crippen LogP contribution in [0, 0.1) is 0 Å². The number of nitrogens with two attached hydrogens (primary N) is 2. The molecule has 0 unspecified atom stereocenters. The number of hydrogen-bond acceptors (Lipinski definition) is 3. The minimum Gasteiger partial charge on any atom is -0.379 e. The molecule has 0 aromatic carbocycles. The van der Waals surface area contributed by atoms with Crippen LogP contribution >= 0.6 is 0 Å². The fourth-order valence-corrected chi connectivity index (χ4v) is 1.03. The van der Waals surface area contributed by atoms with Gasteiger partial charge >= 0.3 is 0 Å². The SMILES string of the molecule is NC[C@]1(N)CCCOC1. The molecule has 0 spiro atoms. The highest BCUT2D eigenvalue weighted by Crippen LogP contribution is 2.13. The van der Waals surface area contributed by atoms with Gasteiger partial charge in [0.1, 0.15) is 0 Å². The van der Waals surface area contributed by atoms with Gasteiger partial charge in [0.25, 0.3) is 0 Å². The van der Waals surface area contributed by atoms with Crippen LogP contribution in [0.1, 0.15) is 12.8 Å². The monoisotopic (exact) mass is 130 g/mol. The molecule has 0 bridgehead atoms. The predicted octanol–water partition coefficient (Wildman–Crippen LogP) is -0.547. The second-order valence-electron chi connectivity index (χ2n) is 2.72. The summed E-state index contributed by atoms with van der Waals surface area (Å²) < 4.78 is 5.17. The second kappa shape index (κ2) is 2.64. The average molecular weight is 130 g/mol. The molecule has 1 aliphatic heterocycles. The quantitative estimate of drug-likeness (QED) is 0.501. The van der Waals surface area contributed by atoms with E-state index in [2.05, 4.69) is 0 Å². The molecule has 54 valence electrons. The van der Waals surface area contributed by atoms with Gasteiger partial charge < -0.3 is 16.2 Å². The summed E-state index contributed by atoms with van der Waals surface area (Å²) in [5.74, 6) is 0. The van der Waals surface area contributed by atoms with E-state index in [0.29, 0.717) is 13.2 Å². The Morgan fingerprint density at radius 3 is 2.67 bits per heavy atom. The highest BCUT2D eigenvalue weighted by molar-refractivity contribution is 4.86. The van der Waals surface area contributed by atoms with Crippen molar-refractivity contribution in [2.24, 2.45) is 11.5 Å². The number of hydrogen-bond donors (Lipinski definition) is 2. The molecule has 1 saturated heterocycles. The highest BCUT2D eigenvalue weighted by atomic mass is 16.5. The maximum Gasteiger partial charge on any atom is 0.0658 e. The molecule has 3 nitrogen and oxygen atoms in total. The van der Waals surface area contributed by atoms with Gasteiger partial charge in [0, 0.05) is 13.2 Å². The predicted molar refractivity (Wildman–Crippen MR) is 36.0 cm³/mol. The molecule has 9 heavy (non-hydrogen) atoms. The van der Waals surface area contributed by atoms with Crippen molar-refractivity contribution in [3.8, 4) is 0 Å². The summed E-state index contributed by atoms with van der Waals surface area (Å²) in [5, 5.41) is 0. The summed E-state index contributed by atoms with van der Waals surface area (Å²) in [5.41, 5.74) is 11.0. The van der Waals surface area contributed by atoms with Crippen molar-refractivity contribution in [2.45, 2.75) is 18.4 Å². The zero-order valence-electron chi connectivity index (χ0n) is 5.60. The van der Waals surface area contributed by atoms with Gasteiger partial charge in [0.15, 0.2) is 0 Å². The molecule has 0 amide bonds. The van der Waals surface area contributed by atoms with Crippen molar-refractivity contribution in [1.82, 2.24) is 0 Å². The molecule has 0 saturated carbocycles. The second-order valence-corrected chi connectivity index (χ2v) is 2.72. The molecule has 1 rings (SSSR count). The summed E-state index contributed by atoms with van der Waals surface area (Å²) in [6.07, 6.45) is 2.05. The van der Waals surface area contributed by atoms with E-state index in [1.807, 2.05) is 0 Å². The Bertz CT molecular complexity index is 89.1. The summed E-state index contributed by atoms with van der Waals surface area (Å²) in [7, 11) is 0. The zero-order valence-corrected chi connectivity index (χ0v) is 5.60. The largest absolute Gasteiger partial charge is 0.379 e. The van der Waals surface area contributed by atoms with Crippen LogP contribution in [0.3, 0.4) is 0 Å². The normalized spacial score (nSPS) is 36.7. The first-order chi connectivity index (χ1) is 4.27. The third kappa shape index (κ3) is 1.64. The first-order valence-corrected chi connectivity index (χ1v) is 3.33. The van der Waals surface area contributed by atoms with Crippen LogP contribution in [0.25, 0.3) is 0 Å². The number of rotatable bonds is 1. The standard InChI is InChI=1S/C6H14N2O/c7-4-6(8)2-1-3-9-5-6/h1-5,7-8H2/t6-/m1/s1. The summed E-state index contributed by atoms with van der Waals surface area (Å²) in [6, 6.07) is 0. The van der Waals surface area contributed by atoms with Gasteiger partial charge in [-0.15, -0.1) is 0 Å². The first kappa shape index (κ1) is 6.99. The molecule has 3 heteroatoms. The molecule has 1 aliphatic rings. The first-order valence-electron chi connectivity index (χ1n) is 3.33. The lowest BCUT2D eigenvalue weighted by Gasteiger charge is -2.31. The van der Waals surface area contributed by atoms with E-state index in [1.165, 1.54) is 0 Å². The fraction of sp³-hybridized carbons (Fsp3) is 1.00. The van der Waals surface area contributed by atoms with Crippen molar-refractivity contribution in [2.75, 3.05) is 19.8 Å². The van der Waals surface area contributed by atoms with Gasteiger partial charge in [0.05, 0.1) is 12.1 Å². The lowest BCUT2D eigenvalue weighted by atomic mass is 9.94. The Morgan fingerprint density at radius 1 is 1.56 bits per heavy atom. The lowest BCUT2D eigenvalue weighted by Crippen LogP contribution is -2.53. The Kier molecular flexibility index (Phi) is 2.05. The van der Waals surface area contributed by atoms with Gasteiger partial charge in [-0.1, -0.05) is 0 Å². The van der Waals surface area contributed by atoms with Crippen LogP contribution in [0.15, 0.2) is 0 Å². The van der Waals surface area contributed by atoms with Crippen LogP contribution in [0.5, 0.6) is 0 Å². The summed E-state index contributed by atoms with van der Waals surface area (Å²) in [4.78, 5) is 0. The molecule has 0 radical (unpaired) electrons. The molecule has 0 aromatic heterocycles. The third-order valence-corrected chi connectivity index (χ3v) is 1.76. The van der Waals surface area contributed by atoms with Crippen LogP contribution in [-0.2, 0) is 4.74 Å². The van der Waals surface area contributed by atoms with E-state index in [1.54, 1.807) is 0 Å². The zero-order chi connectivity index (χ0) is 6.74. The van der Waals surface area contributed by atoms with Crippen molar-refractivity contribution in [1.29, 1.82) is 0 Å². The van der Waals surface area contributed by atoms with E-state index in [9.17, 15) is 0 Å². The van der Waals surface area contributed by atoms with Crippen LogP contribution < -0.4 is 11.5 Å². The van der Waals surface area contributed by atoms with E-state index in [4.69, 9.17) is 16.2 Å². The van der Waals surface area contributed by atoms with E-state index >= 15 is 0 Å². The van der Waals surface area contributed by atoms with E-state index < -0.39 is 0 Å². The minimum absolute atomic E-state index is 0.224. The van der Waals surface area contributed by atoms with Gasteiger partial charge in [-0.05, 0) is 12.8 Å². The van der Waals surface area contributed by atoms with Crippen molar-refractivity contribution >= 4 is 0 Å². The van der Waals surface area contributed by atoms with E-state index in [-0.39, 0.29) is 5.54 Å². The van der Waals surface area contributed by atoms with Crippen LogP contribution in [0.4, 0.5) is 0 Å². The Hall–Kier alpha value is -0.120. The van der Waals surface area contributed by atoms with Gasteiger partial charge in [-0.25, -0.2) is 0 Å². The molecule has 4 N–H and O–H groups in total. The van der Waals surface area contributed by atoms with Gasteiger partial charge in [0.2, 0.25) is 0 Å². The summed E-state index contributed by atoms with van der Waals surface area (Å²) in [6.45, 7) is 2.01. The molecule has 1 atom stereocenters. The Balaban J connectivity index is 2.37. The fourth-order valence-electron chi connectivity index (χ4n) is 1.03. The minimum atomic E-state index is -0.224. The van der Waals surface area contributed by atoms with Crippen molar-refractivity contribution in [3.05, 3.63) is 0 Å². The third-order valence-electron chi connectivity index (χ3n) is 1.76. The average Bonchev–Trinajstić information content (AvgIpc) is 1.90. The molecule has 1 fully saturated rings. The maximum absolute atomic E-state index is 5.81. The van der Waals surface area contributed by atoms with Crippen molar-refractivity contribution < 1.29 is 4.74 Å². The molecular formula is C6H14N2O. The van der Waals surface area contributed by atoms with Gasteiger partial charge in [-0.2, -0.15) is 0 Å². The Labute approximate surface area is 55.4 Å². The van der Waals surface area contributed by atoms with Gasteiger partial charge in [-0.3, -0.25) is 0 Å². The maximum atomic E-state index is 5.81.